The lowest BCUT2D eigenvalue weighted by Crippen LogP contribution is -2.38. The SMILES string of the molecule is CCOc1cc(/C=N/NC(=O)C(=O)NCCCOC(C)C)cc(Br)c1O. The third-order valence-electron chi connectivity index (χ3n) is 2.99. The quantitative estimate of drug-likeness (QED) is 0.240. The monoisotopic (exact) mass is 429 g/mol. The van der Waals surface area contributed by atoms with E-state index in [4.69, 9.17) is 9.47 Å². The first-order chi connectivity index (χ1) is 12.3. The summed E-state index contributed by atoms with van der Waals surface area (Å²) in [6, 6.07) is 3.16. The summed E-state index contributed by atoms with van der Waals surface area (Å²) in [4.78, 5) is 23.3. The van der Waals surface area contributed by atoms with Gasteiger partial charge in [0, 0.05) is 13.2 Å². The minimum absolute atomic E-state index is 0.0196. The summed E-state index contributed by atoms with van der Waals surface area (Å²) in [5.74, 6) is -1.37. The van der Waals surface area contributed by atoms with Crippen LogP contribution in [-0.2, 0) is 14.3 Å². The Morgan fingerprint density at radius 3 is 2.73 bits per heavy atom. The fourth-order valence-corrected chi connectivity index (χ4v) is 2.28. The van der Waals surface area contributed by atoms with Crippen molar-refractivity contribution in [3.8, 4) is 11.5 Å². The number of carbonyl (C=O) groups is 2. The lowest BCUT2D eigenvalue weighted by Gasteiger charge is -2.08. The number of nitrogens with one attached hydrogen (secondary N) is 2. The molecule has 0 aliphatic carbocycles. The Kier molecular flexibility index (Phi) is 9.67. The molecular weight excluding hydrogens is 406 g/mol. The normalized spacial score (nSPS) is 11.0. The van der Waals surface area contributed by atoms with E-state index in [0.717, 1.165) is 0 Å². The summed E-state index contributed by atoms with van der Waals surface area (Å²) in [7, 11) is 0. The van der Waals surface area contributed by atoms with Crippen LogP contribution < -0.4 is 15.5 Å². The second-order valence-electron chi connectivity index (χ2n) is 5.51. The van der Waals surface area contributed by atoms with Gasteiger partial charge in [-0.05, 0) is 60.8 Å². The van der Waals surface area contributed by atoms with Crippen molar-refractivity contribution in [2.75, 3.05) is 19.8 Å². The summed E-state index contributed by atoms with van der Waals surface area (Å²) >= 11 is 3.21. The first-order valence-electron chi connectivity index (χ1n) is 8.23. The van der Waals surface area contributed by atoms with E-state index in [-0.39, 0.29) is 17.6 Å². The highest BCUT2D eigenvalue weighted by Gasteiger charge is 2.12. The Labute approximate surface area is 161 Å². The van der Waals surface area contributed by atoms with Crippen LogP contribution in [0.3, 0.4) is 0 Å². The minimum atomic E-state index is -0.867. The molecule has 0 unspecified atom stereocenters. The van der Waals surface area contributed by atoms with E-state index in [1.807, 2.05) is 13.8 Å². The van der Waals surface area contributed by atoms with Crippen molar-refractivity contribution < 1.29 is 24.2 Å². The molecule has 0 bridgehead atoms. The van der Waals surface area contributed by atoms with Crippen molar-refractivity contribution in [3.05, 3.63) is 22.2 Å². The Bertz CT molecular complexity index is 650. The fraction of sp³-hybridized carbons (Fsp3) is 0.471. The van der Waals surface area contributed by atoms with Gasteiger partial charge in [-0.2, -0.15) is 5.10 Å². The van der Waals surface area contributed by atoms with Crippen molar-refractivity contribution in [2.24, 2.45) is 5.10 Å². The highest BCUT2D eigenvalue weighted by molar-refractivity contribution is 9.10. The van der Waals surface area contributed by atoms with E-state index in [9.17, 15) is 14.7 Å². The highest BCUT2D eigenvalue weighted by Crippen LogP contribution is 2.34. The number of phenols is 1. The van der Waals surface area contributed by atoms with Gasteiger partial charge in [-0.15, -0.1) is 0 Å². The largest absolute Gasteiger partial charge is 0.503 e. The Morgan fingerprint density at radius 1 is 1.35 bits per heavy atom. The molecule has 9 heteroatoms. The van der Waals surface area contributed by atoms with Crippen molar-refractivity contribution >= 4 is 34.0 Å². The van der Waals surface area contributed by atoms with E-state index >= 15 is 0 Å². The maximum absolute atomic E-state index is 11.7. The predicted molar refractivity (Wildman–Crippen MR) is 101 cm³/mol. The summed E-state index contributed by atoms with van der Waals surface area (Å²) < 4.78 is 11.1. The second kappa shape index (κ2) is 11.5. The fourth-order valence-electron chi connectivity index (χ4n) is 1.82. The van der Waals surface area contributed by atoms with Crippen molar-refractivity contribution in [3.63, 3.8) is 0 Å². The van der Waals surface area contributed by atoms with Crippen molar-refractivity contribution in [1.29, 1.82) is 0 Å². The predicted octanol–water partition coefficient (Wildman–Crippen LogP) is 1.93. The molecule has 1 rings (SSSR count). The standard InChI is InChI=1S/C17H24BrN3O5/c1-4-25-14-9-12(8-13(18)15(14)22)10-20-21-17(24)16(23)19-6-5-7-26-11(2)3/h8-11,22H,4-7H2,1-3H3,(H,19,23)(H,21,24)/b20-10+. The van der Waals surface area contributed by atoms with Gasteiger partial charge in [-0.1, -0.05) is 0 Å². The molecule has 0 atom stereocenters. The van der Waals surface area contributed by atoms with Gasteiger partial charge in [0.2, 0.25) is 0 Å². The van der Waals surface area contributed by atoms with Crippen LogP contribution in [0.25, 0.3) is 0 Å². The first kappa shape index (κ1) is 21.9. The number of halogens is 1. The molecule has 1 aromatic rings. The number of carbonyl (C=O) groups excluding carboxylic acids is 2. The zero-order chi connectivity index (χ0) is 19.5. The number of rotatable bonds is 9. The van der Waals surface area contributed by atoms with Crippen LogP contribution in [0.5, 0.6) is 11.5 Å². The summed E-state index contributed by atoms with van der Waals surface area (Å²) in [6.07, 6.45) is 2.09. The topological polar surface area (TPSA) is 109 Å². The number of aromatic hydroxyl groups is 1. The molecule has 26 heavy (non-hydrogen) atoms. The zero-order valence-electron chi connectivity index (χ0n) is 15.0. The smallest absolute Gasteiger partial charge is 0.329 e. The molecular formula is C17H24BrN3O5. The van der Waals surface area contributed by atoms with Gasteiger partial charge in [-0.25, -0.2) is 5.43 Å². The maximum Gasteiger partial charge on any atom is 0.329 e. The van der Waals surface area contributed by atoms with E-state index in [1.165, 1.54) is 6.21 Å². The van der Waals surface area contributed by atoms with Crippen LogP contribution in [0.15, 0.2) is 21.7 Å². The molecule has 0 saturated carbocycles. The third-order valence-corrected chi connectivity index (χ3v) is 3.60. The molecule has 0 aliphatic heterocycles. The number of hydrogen-bond acceptors (Lipinski definition) is 6. The number of phenolic OH excluding ortho intramolecular Hbond substituents is 1. The molecule has 2 amide bonds. The number of hydrazone groups is 1. The van der Waals surface area contributed by atoms with Crippen LogP contribution in [0.4, 0.5) is 0 Å². The van der Waals surface area contributed by atoms with Crippen LogP contribution in [0.1, 0.15) is 32.8 Å². The van der Waals surface area contributed by atoms with Gasteiger partial charge in [0.15, 0.2) is 11.5 Å². The Morgan fingerprint density at radius 2 is 2.08 bits per heavy atom. The lowest BCUT2D eigenvalue weighted by molar-refractivity contribution is -0.139. The van der Waals surface area contributed by atoms with E-state index in [0.29, 0.717) is 36.2 Å². The van der Waals surface area contributed by atoms with Gasteiger partial charge >= 0.3 is 11.8 Å². The van der Waals surface area contributed by atoms with Gasteiger partial charge in [-0.3, -0.25) is 9.59 Å². The summed E-state index contributed by atoms with van der Waals surface area (Å²) in [6.45, 7) is 6.88. The molecule has 0 radical (unpaired) electrons. The first-order valence-corrected chi connectivity index (χ1v) is 9.02. The Hall–Kier alpha value is -2.13. The number of amides is 2. The van der Waals surface area contributed by atoms with E-state index in [1.54, 1.807) is 19.1 Å². The average molecular weight is 430 g/mol. The lowest BCUT2D eigenvalue weighted by atomic mass is 10.2. The molecule has 0 aromatic heterocycles. The van der Waals surface area contributed by atoms with E-state index < -0.39 is 11.8 Å². The van der Waals surface area contributed by atoms with Crippen LogP contribution in [0, 0.1) is 0 Å². The van der Waals surface area contributed by atoms with Crippen LogP contribution in [-0.4, -0.2) is 49.0 Å². The van der Waals surface area contributed by atoms with Crippen LogP contribution in [0.2, 0.25) is 0 Å². The summed E-state index contributed by atoms with van der Waals surface area (Å²) in [5.41, 5.74) is 2.72. The molecule has 3 N–H and O–H groups in total. The molecule has 1 aromatic carbocycles. The van der Waals surface area contributed by atoms with Gasteiger partial charge in [0.25, 0.3) is 0 Å². The number of nitrogens with zero attached hydrogens (tertiary/aromatic N) is 1. The summed E-state index contributed by atoms with van der Waals surface area (Å²) in [5, 5.41) is 16.1. The van der Waals surface area contributed by atoms with Gasteiger partial charge in [0.1, 0.15) is 0 Å². The highest BCUT2D eigenvalue weighted by atomic mass is 79.9. The van der Waals surface area contributed by atoms with Crippen molar-refractivity contribution in [2.45, 2.75) is 33.3 Å². The van der Waals surface area contributed by atoms with Crippen molar-refractivity contribution in [1.82, 2.24) is 10.7 Å². The molecule has 0 aliphatic rings. The number of hydrogen-bond donors (Lipinski definition) is 3. The van der Waals surface area contributed by atoms with E-state index in [2.05, 4.69) is 31.8 Å². The molecule has 8 nitrogen and oxygen atoms in total. The number of benzene rings is 1. The zero-order valence-corrected chi connectivity index (χ0v) is 16.6. The van der Waals surface area contributed by atoms with Gasteiger partial charge in [0.05, 0.1) is 23.4 Å². The average Bonchev–Trinajstić information content (AvgIpc) is 2.58. The number of ether oxygens (including phenoxy) is 2. The van der Waals surface area contributed by atoms with Crippen LogP contribution >= 0.6 is 15.9 Å². The van der Waals surface area contributed by atoms with Gasteiger partial charge < -0.3 is 19.9 Å². The third kappa shape index (κ3) is 7.83. The molecule has 144 valence electrons. The molecule has 0 heterocycles. The molecule has 0 fully saturated rings. The maximum atomic E-state index is 11.7. The minimum Gasteiger partial charge on any atom is -0.503 e. The Balaban J connectivity index is 2.47. The molecule has 0 saturated heterocycles. The molecule has 0 spiro atoms. The second-order valence-corrected chi connectivity index (χ2v) is 6.36.